The molecule has 1 rings (SSSR count). The molecule has 1 aromatic rings. The summed E-state index contributed by atoms with van der Waals surface area (Å²) in [5, 5.41) is 10.4. The molecule has 2 unspecified atom stereocenters. The Labute approximate surface area is 83.5 Å². The van der Waals surface area contributed by atoms with Gasteiger partial charge in [-0.2, -0.15) is 0 Å². The lowest BCUT2D eigenvalue weighted by Crippen LogP contribution is -2.31. The molecule has 1 N–H and O–H groups in total. The Kier molecular flexibility index (Phi) is 3.22. The van der Waals surface area contributed by atoms with Crippen LogP contribution < -0.4 is 5.32 Å². The summed E-state index contributed by atoms with van der Waals surface area (Å²) in [7, 11) is 1.64. The summed E-state index contributed by atoms with van der Waals surface area (Å²) in [4.78, 5) is 11.4. The molecule has 2 atom stereocenters. The number of nitrogens with zero attached hydrogens (tertiary/aromatic N) is 3. The summed E-state index contributed by atoms with van der Waals surface area (Å²) in [6.07, 6.45) is 1.84. The first-order valence-corrected chi connectivity index (χ1v) is 4.66. The van der Waals surface area contributed by atoms with Gasteiger partial charge in [0.15, 0.2) is 0 Å². The molecule has 1 heterocycles. The average molecular weight is 196 g/mol. The Hall–Kier alpha value is -1.39. The second kappa shape index (κ2) is 4.21. The molecule has 0 aliphatic rings. The molecular formula is C9H16N4O. The van der Waals surface area contributed by atoms with Crippen molar-refractivity contribution in [3.05, 3.63) is 11.9 Å². The van der Waals surface area contributed by atoms with E-state index in [2.05, 4.69) is 15.6 Å². The molecule has 78 valence electrons. The minimum atomic E-state index is -0.110. The molecule has 1 amide bonds. The van der Waals surface area contributed by atoms with Crippen LogP contribution in [0.1, 0.15) is 25.6 Å². The van der Waals surface area contributed by atoms with Gasteiger partial charge in [-0.05, 0) is 13.8 Å². The monoisotopic (exact) mass is 196 g/mol. The number of rotatable bonds is 3. The van der Waals surface area contributed by atoms with Crippen LogP contribution in [0.3, 0.4) is 0 Å². The van der Waals surface area contributed by atoms with E-state index in [4.69, 9.17) is 0 Å². The fraction of sp³-hybridized carbons (Fsp3) is 0.667. The number of amides is 1. The van der Waals surface area contributed by atoms with Gasteiger partial charge in [-0.1, -0.05) is 12.1 Å². The Balaban J connectivity index is 2.74. The van der Waals surface area contributed by atoms with Crippen LogP contribution >= 0.6 is 0 Å². The van der Waals surface area contributed by atoms with Gasteiger partial charge in [0, 0.05) is 13.2 Å². The quantitative estimate of drug-likeness (QED) is 0.767. The molecule has 0 aromatic carbocycles. The highest BCUT2D eigenvalue weighted by Crippen LogP contribution is 2.16. The highest BCUT2D eigenvalue weighted by molar-refractivity contribution is 5.78. The summed E-state index contributed by atoms with van der Waals surface area (Å²) < 4.78 is 1.72. The zero-order chi connectivity index (χ0) is 10.7. The maximum absolute atomic E-state index is 11.4. The number of carbonyl (C=O) groups is 1. The van der Waals surface area contributed by atoms with Gasteiger partial charge in [-0.3, -0.25) is 4.79 Å². The lowest BCUT2D eigenvalue weighted by Gasteiger charge is -2.17. The zero-order valence-electron chi connectivity index (χ0n) is 8.98. The number of hydrogen-bond donors (Lipinski definition) is 1. The first kappa shape index (κ1) is 10.7. The van der Waals surface area contributed by atoms with Crippen LogP contribution in [-0.2, 0) is 4.79 Å². The first-order chi connectivity index (χ1) is 6.56. The van der Waals surface area contributed by atoms with Crippen molar-refractivity contribution in [3.8, 4) is 0 Å². The van der Waals surface area contributed by atoms with Crippen LogP contribution in [0.2, 0.25) is 0 Å². The first-order valence-electron chi connectivity index (χ1n) is 4.66. The van der Waals surface area contributed by atoms with Crippen molar-refractivity contribution in [1.29, 1.82) is 0 Å². The van der Waals surface area contributed by atoms with Crippen molar-refractivity contribution in [2.45, 2.75) is 26.8 Å². The van der Waals surface area contributed by atoms with Crippen LogP contribution in [0, 0.1) is 12.8 Å². The Morgan fingerprint density at radius 1 is 1.57 bits per heavy atom. The molecule has 5 nitrogen and oxygen atoms in total. The molecule has 0 aliphatic carbocycles. The third kappa shape index (κ3) is 2.10. The number of hydrogen-bond acceptors (Lipinski definition) is 3. The third-order valence-electron chi connectivity index (χ3n) is 2.43. The van der Waals surface area contributed by atoms with E-state index in [-0.39, 0.29) is 17.9 Å². The van der Waals surface area contributed by atoms with Crippen LogP contribution in [0.25, 0.3) is 0 Å². The van der Waals surface area contributed by atoms with E-state index in [0.29, 0.717) is 0 Å². The molecule has 0 spiro atoms. The third-order valence-corrected chi connectivity index (χ3v) is 2.43. The van der Waals surface area contributed by atoms with Crippen molar-refractivity contribution in [3.63, 3.8) is 0 Å². The summed E-state index contributed by atoms with van der Waals surface area (Å²) in [5.74, 6) is -0.0910. The zero-order valence-corrected chi connectivity index (χ0v) is 8.98. The van der Waals surface area contributed by atoms with Gasteiger partial charge >= 0.3 is 0 Å². The fourth-order valence-corrected chi connectivity index (χ4v) is 1.24. The highest BCUT2D eigenvalue weighted by Gasteiger charge is 2.21. The molecule has 1 aromatic heterocycles. The summed E-state index contributed by atoms with van der Waals surface area (Å²) >= 11 is 0. The van der Waals surface area contributed by atoms with Gasteiger partial charge in [-0.15, -0.1) is 5.10 Å². The van der Waals surface area contributed by atoms with Crippen molar-refractivity contribution in [1.82, 2.24) is 20.3 Å². The molecular weight excluding hydrogens is 180 g/mol. The maximum atomic E-state index is 11.4. The van der Waals surface area contributed by atoms with Crippen LogP contribution in [0.15, 0.2) is 6.20 Å². The minimum absolute atomic E-state index is 0.0191. The molecule has 0 saturated heterocycles. The van der Waals surface area contributed by atoms with E-state index in [1.54, 1.807) is 11.7 Å². The second-order valence-electron chi connectivity index (χ2n) is 3.48. The SMILES string of the molecule is CNC(=O)C(C)C(C)n1cc(C)nn1. The average Bonchev–Trinajstić information content (AvgIpc) is 2.61. The van der Waals surface area contributed by atoms with Crippen molar-refractivity contribution >= 4 is 5.91 Å². The Morgan fingerprint density at radius 2 is 2.21 bits per heavy atom. The summed E-state index contributed by atoms with van der Waals surface area (Å²) in [5.41, 5.74) is 0.862. The van der Waals surface area contributed by atoms with E-state index in [9.17, 15) is 4.79 Å². The molecule has 14 heavy (non-hydrogen) atoms. The molecule has 0 bridgehead atoms. The van der Waals surface area contributed by atoms with Gasteiger partial charge in [0.25, 0.3) is 0 Å². The largest absolute Gasteiger partial charge is 0.359 e. The van der Waals surface area contributed by atoms with E-state index >= 15 is 0 Å². The van der Waals surface area contributed by atoms with Crippen molar-refractivity contribution in [2.75, 3.05) is 7.05 Å². The summed E-state index contributed by atoms with van der Waals surface area (Å²) in [6, 6.07) is 0.0242. The van der Waals surface area contributed by atoms with Crippen LogP contribution in [-0.4, -0.2) is 27.9 Å². The van der Waals surface area contributed by atoms with Gasteiger partial charge in [0.2, 0.25) is 5.91 Å². The van der Waals surface area contributed by atoms with Crippen molar-refractivity contribution < 1.29 is 4.79 Å². The second-order valence-corrected chi connectivity index (χ2v) is 3.48. The minimum Gasteiger partial charge on any atom is -0.359 e. The molecule has 0 fully saturated rings. The Bertz CT molecular complexity index is 320. The van der Waals surface area contributed by atoms with E-state index in [0.717, 1.165) is 5.69 Å². The lowest BCUT2D eigenvalue weighted by molar-refractivity contribution is -0.125. The van der Waals surface area contributed by atoms with Gasteiger partial charge in [0.05, 0.1) is 17.7 Å². The van der Waals surface area contributed by atoms with Gasteiger partial charge in [0.1, 0.15) is 0 Å². The van der Waals surface area contributed by atoms with E-state index < -0.39 is 0 Å². The van der Waals surface area contributed by atoms with Crippen LogP contribution in [0.4, 0.5) is 0 Å². The smallest absolute Gasteiger partial charge is 0.224 e. The summed E-state index contributed by atoms with van der Waals surface area (Å²) in [6.45, 7) is 5.70. The topological polar surface area (TPSA) is 59.8 Å². The fourth-order valence-electron chi connectivity index (χ4n) is 1.24. The normalized spacial score (nSPS) is 14.9. The predicted octanol–water partition coefficient (Wildman–Crippen LogP) is 0.530. The molecule has 0 aliphatic heterocycles. The predicted molar refractivity (Wildman–Crippen MR) is 52.7 cm³/mol. The molecule has 0 radical (unpaired) electrons. The number of nitrogens with one attached hydrogen (secondary N) is 1. The van der Waals surface area contributed by atoms with Crippen LogP contribution in [0.5, 0.6) is 0 Å². The van der Waals surface area contributed by atoms with E-state index in [1.165, 1.54) is 0 Å². The van der Waals surface area contributed by atoms with Crippen molar-refractivity contribution in [2.24, 2.45) is 5.92 Å². The Morgan fingerprint density at radius 3 is 2.64 bits per heavy atom. The van der Waals surface area contributed by atoms with E-state index in [1.807, 2.05) is 27.0 Å². The molecule has 5 heteroatoms. The molecule has 0 saturated carbocycles. The number of aromatic nitrogens is 3. The number of carbonyl (C=O) groups excluding carboxylic acids is 1. The highest BCUT2D eigenvalue weighted by atomic mass is 16.1. The number of aryl methyl sites for hydroxylation is 1. The van der Waals surface area contributed by atoms with Gasteiger partial charge < -0.3 is 5.32 Å². The van der Waals surface area contributed by atoms with Gasteiger partial charge in [-0.25, -0.2) is 4.68 Å². The maximum Gasteiger partial charge on any atom is 0.224 e. The lowest BCUT2D eigenvalue weighted by atomic mass is 10.0. The standard InChI is InChI=1S/C9H16N4O/c1-6-5-13(12-11-6)8(3)7(2)9(14)10-4/h5,7-8H,1-4H3,(H,10,14).